The van der Waals surface area contributed by atoms with Gasteiger partial charge in [0.25, 0.3) is 0 Å². The lowest BCUT2D eigenvalue weighted by Crippen LogP contribution is -2.13. The number of nitrogens with one attached hydrogen (secondary N) is 1. The highest BCUT2D eigenvalue weighted by atomic mass is 32.1. The number of hydrogen-bond acceptors (Lipinski definition) is 4. The molecule has 3 nitrogen and oxygen atoms in total. The second kappa shape index (κ2) is 5.09. The van der Waals surface area contributed by atoms with Gasteiger partial charge in [0.05, 0.1) is 12.0 Å². The third-order valence-corrected chi connectivity index (χ3v) is 2.99. The van der Waals surface area contributed by atoms with Crippen LogP contribution in [-0.4, -0.2) is 11.5 Å². The van der Waals surface area contributed by atoms with Gasteiger partial charge in [0.2, 0.25) is 0 Å². The Bertz CT molecular complexity index is 394. The van der Waals surface area contributed by atoms with E-state index >= 15 is 0 Å². The van der Waals surface area contributed by atoms with Crippen molar-refractivity contribution in [2.75, 3.05) is 6.54 Å². The van der Waals surface area contributed by atoms with Crippen molar-refractivity contribution in [2.45, 2.75) is 19.9 Å². The molecule has 2 aromatic heterocycles. The average Bonchev–Trinajstić information content (AvgIpc) is 2.87. The predicted octanol–water partition coefficient (Wildman–Crippen LogP) is 2.90. The maximum Gasteiger partial charge on any atom is 0.126 e. The summed E-state index contributed by atoms with van der Waals surface area (Å²) < 4.78 is 5.03. The minimum Gasteiger partial charge on any atom is -0.472 e. The summed E-state index contributed by atoms with van der Waals surface area (Å²) in [5, 5.41) is 6.44. The number of rotatable bonds is 5. The van der Waals surface area contributed by atoms with Crippen molar-refractivity contribution in [1.29, 1.82) is 0 Å². The van der Waals surface area contributed by atoms with E-state index in [4.69, 9.17) is 4.42 Å². The molecule has 0 saturated carbocycles. The number of hydrogen-bond donors (Lipinski definition) is 1. The zero-order chi connectivity index (χ0) is 10.5. The lowest BCUT2D eigenvalue weighted by atomic mass is 10.3. The monoisotopic (exact) mass is 222 g/mol. The Hall–Kier alpha value is -1.13. The summed E-state index contributed by atoms with van der Waals surface area (Å²) in [4.78, 5) is 4.52. The Morgan fingerprint density at radius 2 is 2.47 bits per heavy atom. The molecule has 2 aromatic rings. The normalized spacial score (nSPS) is 10.7. The average molecular weight is 222 g/mol. The smallest absolute Gasteiger partial charge is 0.126 e. The first-order valence-electron chi connectivity index (χ1n) is 5.08. The Morgan fingerprint density at radius 3 is 3.20 bits per heavy atom. The Labute approximate surface area is 93.2 Å². The van der Waals surface area contributed by atoms with Crippen LogP contribution in [0, 0.1) is 0 Å². The van der Waals surface area contributed by atoms with Gasteiger partial charge in [-0.3, -0.25) is 0 Å². The van der Waals surface area contributed by atoms with Gasteiger partial charge in [-0.1, -0.05) is 6.92 Å². The molecular weight excluding hydrogens is 208 g/mol. The fraction of sp³-hybridized carbons (Fsp3) is 0.364. The van der Waals surface area contributed by atoms with Crippen molar-refractivity contribution in [3.63, 3.8) is 0 Å². The molecule has 2 rings (SSSR count). The highest BCUT2D eigenvalue weighted by Gasteiger charge is 2.04. The first-order valence-corrected chi connectivity index (χ1v) is 5.96. The minimum absolute atomic E-state index is 0.849. The van der Waals surface area contributed by atoms with Crippen LogP contribution >= 0.6 is 11.3 Å². The topological polar surface area (TPSA) is 38.1 Å². The van der Waals surface area contributed by atoms with E-state index in [2.05, 4.69) is 22.6 Å². The quantitative estimate of drug-likeness (QED) is 0.790. The largest absolute Gasteiger partial charge is 0.472 e. The van der Waals surface area contributed by atoms with Crippen LogP contribution in [0.1, 0.15) is 19.0 Å². The van der Waals surface area contributed by atoms with Gasteiger partial charge in [0.15, 0.2) is 0 Å². The lowest BCUT2D eigenvalue weighted by molar-refractivity contribution is 0.568. The van der Waals surface area contributed by atoms with Crippen LogP contribution in [0.15, 0.2) is 28.4 Å². The molecule has 0 radical (unpaired) electrons. The van der Waals surface area contributed by atoms with Crippen molar-refractivity contribution in [2.24, 2.45) is 0 Å². The molecule has 80 valence electrons. The molecule has 2 heterocycles. The second-order valence-corrected chi connectivity index (χ2v) is 4.19. The zero-order valence-electron chi connectivity index (χ0n) is 8.69. The van der Waals surface area contributed by atoms with Gasteiger partial charge in [-0.15, -0.1) is 11.3 Å². The maximum atomic E-state index is 5.03. The molecule has 1 N–H and O–H groups in total. The van der Waals surface area contributed by atoms with Crippen molar-refractivity contribution < 1.29 is 4.42 Å². The van der Waals surface area contributed by atoms with Crippen molar-refractivity contribution in [3.8, 4) is 10.6 Å². The predicted molar refractivity (Wildman–Crippen MR) is 61.8 cm³/mol. The summed E-state index contributed by atoms with van der Waals surface area (Å²) in [6, 6.07) is 1.93. The molecule has 15 heavy (non-hydrogen) atoms. The van der Waals surface area contributed by atoms with Crippen molar-refractivity contribution in [3.05, 3.63) is 29.7 Å². The van der Waals surface area contributed by atoms with Gasteiger partial charge in [-0.05, 0) is 19.0 Å². The third-order valence-electron chi connectivity index (χ3n) is 2.05. The molecular formula is C11H14N2OS. The number of thiazole rings is 1. The van der Waals surface area contributed by atoms with Crippen LogP contribution < -0.4 is 5.32 Å². The van der Waals surface area contributed by atoms with E-state index in [1.54, 1.807) is 23.9 Å². The highest BCUT2D eigenvalue weighted by Crippen LogP contribution is 2.23. The summed E-state index contributed by atoms with van der Waals surface area (Å²) in [7, 11) is 0. The number of nitrogens with zero attached hydrogens (tertiary/aromatic N) is 1. The van der Waals surface area contributed by atoms with Crippen molar-refractivity contribution in [1.82, 2.24) is 10.3 Å². The van der Waals surface area contributed by atoms with E-state index in [0.717, 1.165) is 35.8 Å². The van der Waals surface area contributed by atoms with Crippen LogP contribution in [0.5, 0.6) is 0 Å². The molecule has 0 aliphatic heterocycles. The Kier molecular flexibility index (Phi) is 3.53. The Morgan fingerprint density at radius 1 is 1.53 bits per heavy atom. The van der Waals surface area contributed by atoms with E-state index < -0.39 is 0 Å². The van der Waals surface area contributed by atoms with E-state index in [-0.39, 0.29) is 0 Å². The first kappa shape index (κ1) is 10.4. The van der Waals surface area contributed by atoms with Crippen LogP contribution in [-0.2, 0) is 6.54 Å². The van der Waals surface area contributed by atoms with Crippen LogP contribution in [0.3, 0.4) is 0 Å². The highest BCUT2D eigenvalue weighted by molar-refractivity contribution is 7.13. The summed E-state index contributed by atoms with van der Waals surface area (Å²) in [5.41, 5.74) is 2.16. The van der Waals surface area contributed by atoms with Gasteiger partial charge < -0.3 is 9.73 Å². The molecule has 0 fully saturated rings. The van der Waals surface area contributed by atoms with Gasteiger partial charge in [-0.25, -0.2) is 4.98 Å². The molecule has 0 spiro atoms. The molecule has 0 aromatic carbocycles. The summed E-state index contributed by atoms with van der Waals surface area (Å²) >= 11 is 1.65. The SMILES string of the molecule is CCCNCc1csc(-c2ccoc2)n1. The molecule has 0 aliphatic rings. The van der Waals surface area contributed by atoms with Crippen LogP contribution in [0.2, 0.25) is 0 Å². The maximum absolute atomic E-state index is 5.03. The third kappa shape index (κ3) is 2.67. The van der Waals surface area contributed by atoms with Crippen LogP contribution in [0.4, 0.5) is 0 Å². The van der Waals surface area contributed by atoms with Crippen LogP contribution in [0.25, 0.3) is 10.6 Å². The number of aromatic nitrogens is 1. The molecule has 0 amide bonds. The molecule has 0 saturated heterocycles. The molecule has 0 aliphatic carbocycles. The molecule has 0 unspecified atom stereocenters. The fourth-order valence-electron chi connectivity index (χ4n) is 1.30. The minimum atomic E-state index is 0.849. The first-order chi connectivity index (χ1) is 7.40. The van der Waals surface area contributed by atoms with Gasteiger partial charge in [0, 0.05) is 17.5 Å². The van der Waals surface area contributed by atoms with E-state index in [1.807, 2.05) is 6.07 Å². The van der Waals surface area contributed by atoms with Crippen molar-refractivity contribution >= 4 is 11.3 Å². The molecule has 4 heteroatoms. The Balaban J connectivity index is 1.98. The van der Waals surface area contributed by atoms with Gasteiger partial charge in [-0.2, -0.15) is 0 Å². The van der Waals surface area contributed by atoms with E-state index in [0.29, 0.717) is 0 Å². The van der Waals surface area contributed by atoms with Gasteiger partial charge in [0.1, 0.15) is 11.3 Å². The molecule has 0 bridgehead atoms. The van der Waals surface area contributed by atoms with Gasteiger partial charge >= 0.3 is 0 Å². The summed E-state index contributed by atoms with van der Waals surface area (Å²) in [6.45, 7) is 4.05. The zero-order valence-corrected chi connectivity index (χ0v) is 9.51. The van der Waals surface area contributed by atoms with E-state index in [1.165, 1.54) is 0 Å². The fourth-order valence-corrected chi connectivity index (χ4v) is 2.11. The summed E-state index contributed by atoms with van der Waals surface area (Å²) in [6.07, 6.45) is 4.55. The lowest BCUT2D eigenvalue weighted by Gasteiger charge is -1.97. The molecule has 0 atom stereocenters. The number of furan rings is 1. The van der Waals surface area contributed by atoms with E-state index in [9.17, 15) is 0 Å². The standard InChI is InChI=1S/C11H14N2OS/c1-2-4-12-6-10-8-15-11(13-10)9-3-5-14-7-9/h3,5,7-8,12H,2,4,6H2,1H3. The second-order valence-electron chi connectivity index (χ2n) is 3.33. The summed E-state index contributed by atoms with van der Waals surface area (Å²) in [5.74, 6) is 0.